The van der Waals surface area contributed by atoms with Gasteiger partial charge in [-0.2, -0.15) is 0 Å². The summed E-state index contributed by atoms with van der Waals surface area (Å²) in [5.41, 5.74) is 6.53. The van der Waals surface area contributed by atoms with Crippen LogP contribution in [0.25, 0.3) is 0 Å². The van der Waals surface area contributed by atoms with Gasteiger partial charge in [-0.05, 0) is 32.3 Å². The van der Waals surface area contributed by atoms with Crippen molar-refractivity contribution in [3.63, 3.8) is 0 Å². The average Bonchev–Trinajstić information content (AvgIpc) is 3.09. The number of alkyl carbamates (subject to hydrolysis) is 1. The van der Waals surface area contributed by atoms with Crippen LogP contribution in [0, 0.1) is 10.1 Å². The molecule has 1 aliphatic heterocycles. The highest BCUT2D eigenvalue weighted by Gasteiger charge is 2.40. The van der Waals surface area contributed by atoms with Crippen LogP contribution < -0.4 is 15.8 Å². The summed E-state index contributed by atoms with van der Waals surface area (Å²) in [6.07, 6.45) is 2.55. The molecule has 2 aliphatic rings. The Balaban J connectivity index is 1.58. The van der Waals surface area contributed by atoms with E-state index in [9.17, 15) is 19.7 Å². The first-order valence-electron chi connectivity index (χ1n) is 10.0. The number of carbonyl (C=O) groups is 2. The van der Waals surface area contributed by atoms with E-state index in [1.54, 1.807) is 13.0 Å². The lowest BCUT2D eigenvalue weighted by molar-refractivity contribution is -0.422. The zero-order valence-corrected chi connectivity index (χ0v) is 17.0. The average molecular weight is 431 g/mol. The van der Waals surface area contributed by atoms with Gasteiger partial charge in [0.2, 0.25) is 0 Å². The minimum Gasteiger partial charge on any atom is -0.485 e. The number of hydrogen-bond acceptors (Lipinski definition) is 7. The first-order chi connectivity index (χ1) is 14.8. The molecule has 0 spiro atoms. The highest BCUT2D eigenvalue weighted by Crippen LogP contribution is 2.44. The Morgan fingerprint density at radius 3 is 2.77 bits per heavy atom. The van der Waals surface area contributed by atoms with Crippen molar-refractivity contribution in [1.29, 1.82) is 0 Å². The fourth-order valence-corrected chi connectivity index (χ4v) is 3.69. The molecule has 0 saturated heterocycles. The van der Waals surface area contributed by atoms with E-state index in [-0.39, 0.29) is 18.2 Å². The predicted octanol–water partition coefficient (Wildman–Crippen LogP) is 2.33. The van der Waals surface area contributed by atoms with Crippen LogP contribution in [0.15, 0.2) is 47.7 Å². The van der Waals surface area contributed by atoms with Crippen LogP contribution in [-0.2, 0) is 9.53 Å². The van der Waals surface area contributed by atoms with E-state index in [1.165, 1.54) is 6.08 Å². The van der Waals surface area contributed by atoms with Crippen molar-refractivity contribution in [3.8, 4) is 5.75 Å². The topological polar surface area (TPSA) is 154 Å². The van der Waals surface area contributed by atoms with Gasteiger partial charge in [-0.15, -0.1) is 0 Å². The van der Waals surface area contributed by atoms with Crippen LogP contribution >= 0.6 is 0 Å². The molecule has 1 aromatic rings. The zero-order valence-electron chi connectivity index (χ0n) is 17.0. The Bertz CT molecular complexity index is 927. The number of hydrogen-bond donors (Lipinski definition) is 3. The number of ether oxygens (including phenoxy) is 2. The van der Waals surface area contributed by atoms with Crippen LogP contribution in [0.4, 0.5) is 4.79 Å². The number of nitro groups is 1. The highest BCUT2D eigenvalue weighted by atomic mass is 16.6. The number of amides is 1. The van der Waals surface area contributed by atoms with Gasteiger partial charge in [0.1, 0.15) is 24.0 Å². The minimum absolute atomic E-state index is 0.142. The van der Waals surface area contributed by atoms with Crippen molar-refractivity contribution in [3.05, 3.63) is 63.4 Å². The first-order valence-corrected chi connectivity index (χ1v) is 10.0. The van der Waals surface area contributed by atoms with Crippen LogP contribution in [0.3, 0.4) is 0 Å². The Hall–Kier alpha value is -3.40. The van der Waals surface area contributed by atoms with Gasteiger partial charge in [0.05, 0.1) is 10.5 Å². The van der Waals surface area contributed by atoms with Crippen molar-refractivity contribution in [1.82, 2.24) is 5.32 Å². The number of nitrogens with zero attached hydrogens (tertiary/aromatic N) is 1. The van der Waals surface area contributed by atoms with Crippen LogP contribution in [-0.4, -0.2) is 46.9 Å². The molecule has 31 heavy (non-hydrogen) atoms. The molecule has 3 unspecified atom stereocenters. The van der Waals surface area contributed by atoms with Gasteiger partial charge >= 0.3 is 12.1 Å². The Morgan fingerprint density at radius 1 is 1.32 bits per heavy atom. The second kappa shape index (κ2) is 9.61. The number of carboxylic acid groups (broad SMARTS) is 1. The van der Waals surface area contributed by atoms with E-state index in [0.29, 0.717) is 30.6 Å². The molecule has 3 rings (SSSR count). The number of nitrogens with one attached hydrogen (secondary N) is 1. The van der Waals surface area contributed by atoms with E-state index < -0.39 is 35.2 Å². The van der Waals surface area contributed by atoms with E-state index in [4.69, 9.17) is 20.3 Å². The zero-order chi connectivity index (χ0) is 22.5. The van der Waals surface area contributed by atoms with Crippen molar-refractivity contribution in [2.75, 3.05) is 6.54 Å². The standard InChI is InChI=1S/C21H25N3O7/c1-12(30-21(27)23-9-5-4-7-16(22)20(25)26)14-10-15-13-6-2-3-8-18(13)31-19(15)11-17(14)24(28)29/h2-3,6,8,10-12,15-16,19H,4-5,7,9,22H2,1H3,(H,23,27)(H,25,26)/t12?,15?,16-,19?/m0/s1. The molecule has 10 heteroatoms. The van der Waals surface area contributed by atoms with Gasteiger partial charge in [-0.25, -0.2) is 4.79 Å². The molecule has 4 atom stereocenters. The van der Waals surface area contributed by atoms with Gasteiger partial charge in [0, 0.05) is 24.1 Å². The first kappa shape index (κ1) is 22.3. The molecule has 0 aromatic heterocycles. The number of unbranched alkanes of at least 4 members (excludes halogenated alkanes) is 1. The summed E-state index contributed by atoms with van der Waals surface area (Å²) in [4.78, 5) is 33.9. The van der Waals surface area contributed by atoms with Gasteiger partial charge < -0.3 is 25.6 Å². The van der Waals surface area contributed by atoms with Gasteiger partial charge in [0.25, 0.3) is 5.70 Å². The predicted molar refractivity (Wildman–Crippen MR) is 110 cm³/mol. The van der Waals surface area contributed by atoms with Crippen LogP contribution in [0.2, 0.25) is 0 Å². The maximum absolute atomic E-state index is 12.1. The third kappa shape index (κ3) is 5.21. The van der Waals surface area contributed by atoms with Crippen molar-refractivity contribution in [2.24, 2.45) is 5.73 Å². The Kier molecular flexibility index (Phi) is 6.91. The van der Waals surface area contributed by atoms with E-state index in [0.717, 1.165) is 5.56 Å². The molecule has 0 bridgehead atoms. The van der Waals surface area contributed by atoms with Crippen LogP contribution in [0.1, 0.15) is 37.7 Å². The summed E-state index contributed by atoms with van der Waals surface area (Å²) in [5.74, 6) is -0.570. The van der Waals surface area contributed by atoms with Crippen molar-refractivity contribution in [2.45, 2.75) is 50.4 Å². The molecule has 0 saturated carbocycles. The molecule has 0 fully saturated rings. The minimum atomic E-state index is -1.06. The third-order valence-corrected chi connectivity index (χ3v) is 5.32. The fourth-order valence-electron chi connectivity index (χ4n) is 3.69. The molecule has 4 N–H and O–H groups in total. The maximum Gasteiger partial charge on any atom is 0.407 e. The van der Waals surface area contributed by atoms with Gasteiger partial charge in [-0.1, -0.05) is 24.3 Å². The second-order valence-corrected chi connectivity index (χ2v) is 7.49. The summed E-state index contributed by atoms with van der Waals surface area (Å²) in [5, 5.41) is 22.9. The van der Waals surface area contributed by atoms with E-state index >= 15 is 0 Å². The molecule has 10 nitrogen and oxygen atoms in total. The molecular formula is C21H25N3O7. The summed E-state index contributed by atoms with van der Waals surface area (Å²) >= 11 is 0. The molecule has 1 aliphatic carbocycles. The smallest absolute Gasteiger partial charge is 0.407 e. The quantitative estimate of drug-likeness (QED) is 0.306. The number of aliphatic carboxylic acids is 1. The molecule has 1 heterocycles. The normalized spacial score (nSPS) is 20.8. The van der Waals surface area contributed by atoms with E-state index in [1.807, 2.05) is 24.3 Å². The largest absolute Gasteiger partial charge is 0.485 e. The van der Waals surface area contributed by atoms with Crippen LogP contribution in [0.5, 0.6) is 5.75 Å². The number of fused-ring (bicyclic) bond motifs is 3. The van der Waals surface area contributed by atoms with Gasteiger partial charge in [-0.3, -0.25) is 14.9 Å². The monoisotopic (exact) mass is 431 g/mol. The Labute approximate surface area is 178 Å². The highest BCUT2D eigenvalue weighted by molar-refractivity contribution is 5.73. The number of nitrogens with two attached hydrogens (primary N) is 1. The summed E-state index contributed by atoms with van der Waals surface area (Å²) in [7, 11) is 0. The molecule has 166 valence electrons. The molecule has 1 aromatic carbocycles. The summed E-state index contributed by atoms with van der Waals surface area (Å²) in [6.45, 7) is 1.86. The third-order valence-electron chi connectivity index (χ3n) is 5.32. The lowest BCUT2D eigenvalue weighted by atomic mass is 9.86. The number of para-hydroxylation sites is 1. The number of carboxylic acids is 1. The second-order valence-electron chi connectivity index (χ2n) is 7.49. The SMILES string of the molecule is CC(OC(=O)NCCCC[C@H](N)C(=O)O)C1=CC2c3ccccc3OC2C=C1[N+](=O)[O-]. The lowest BCUT2D eigenvalue weighted by Crippen LogP contribution is -2.33. The molecule has 1 amide bonds. The summed E-state index contributed by atoms with van der Waals surface area (Å²) in [6, 6.07) is 6.52. The molecule has 0 radical (unpaired) electrons. The number of carbonyl (C=O) groups excluding carboxylic acids is 1. The van der Waals surface area contributed by atoms with Crippen molar-refractivity contribution < 1.29 is 29.1 Å². The van der Waals surface area contributed by atoms with Gasteiger partial charge in [0.15, 0.2) is 0 Å². The van der Waals surface area contributed by atoms with Crippen molar-refractivity contribution >= 4 is 12.1 Å². The Morgan fingerprint density at radius 2 is 2.06 bits per heavy atom. The number of rotatable bonds is 9. The lowest BCUT2D eigenvalue weighted by Gasteiger charge is -2.23. The van der Waals surface area contributed by atoms with E-state index in [2.05, 4.69) is 5.32 Å². The summed E-state index contributed by atoms with van der Waals surface area (Å²) < 4.78 is 11.2. The molecular weight excluding hydrogens is 406 g/mol. The number of benzene rings is 1. The fraction of sp³-hybridized carbons (Fsp3) is 0.429. The maximum atomic E-state index is 12.1.